The van der Waals surface area contributed by atoms with E-state index >= 15 is 0 Å². The van der Waals surface area contributed by atoms with Gasteiger partial charge in [-0.1, -0.05) is 307 Å². The maximum atomic E-state index is 12.8. The summed E-state index contributed by atoms with van der Waals surface area (Å²) in [6.45, 7) is 6.54. The van der Waals surface area contributed by atoms with Crippen molar-refractivity contribution in [3.05, 3.63) is 48.6 Å². The molecule has 420 valence electrons. The lowest BCUT2D eigenvalue weighted by molar-refractivity contribution is -0.167. The van der Waals surface area contributed by atoms with E-state index in [4.69, 9.17) is 14.2 Å². The van der Waals surface area contributed by atoms with E-state index < -0.39 is 6.10 Å². The Balaban J connectivity index is 4.17. The van der Waals surface area contributed by atoms with Crippen molar-refractivity contribution in [2.24, 2.45) is 0 Å². The van der Waals surface area contributed by atoms with Crippen LogP contribution in [-0.2, 0) is 28.6 Å². The highest BCUT2D eigenvalue weighted by atomic mass is 16.6. The molecule has 1 atom stereocenters. The van der Waals surface area contributed by atoms with Crippen molar-refractivity contribution in [1.29, 1.82) is 0 Å². The van der Waals surface area contributed by atoms with Crippen molar-refractivity contribution in [3.8, 4) is 0 Å². The largest absolute Gasteiger partial charge is 0.462 e. The number of esters is 3. The van der Waals surface area contributed by atoms with Crippen LogP contribution in [0.2, 0.25) is 0 Å². The highest BCUT2D eigenvalue weighted by Gasteiger charge is 2.19. The van der Waals surface area contributed by atoms with E-state index in [0.29, 0.717) is 19.3 Å². The lowest BCUT2D eigenvalue weighted by Gasteiger charge is -2.18. The second-order valence-corrected chi connectivity index (χ2v) is 21.3. The van der Waals surface area contributed by atoms with Crippen LogP contribution in [0.25, 0.3) is 0 Å². The molecule has 0 heterocycles. The maximum absolute atomic E-state index is 12.8. The molecular formula is C66H120O6. The summed E-state index contributed by atoms with van der Waals surface area (Å²) in [4.78, 5) is 38.1. The Morgan fingerprint density at radius 1 is 0.292 bits per heavy atom. The molecule has 0 saturated heterocycles. The molecule has 1 unspecified atom stereocenters. The van der Waals surface area contributed by atoms with Crippen LogP contribution in [0.3, 0.4) is 0 Å². The summed E-state index contributed by atoms with van der Waals surface area (Å²) in [7, 11) is 0. The van der Waals surface area contributed by atoms with Crippen LogP contribution in [0.4, 0.5) is 0 Å². The zero-order valence-corrected chi connectivity index (χ0v) is 48.2. The molecule has 0 N–H and O–H groups in total. The number of carbonyl (C=O) groups excluding carboxylic acids is 3. The third-order valence-electron chi connectivity index (χ3n) is 14.1. The van der Waals surface area contributed by atoms with E-state index in [1.807, 2.05) is 0 Å². The topological polar surface area (TPSA) is 78.9 Å². The van der Waals surface area contributed by atoms with Crippen molar-refractivity contribution in [2.45, 2.75) is 341 Å². The first-order valence-corrected chi connectivity index (χ1v) is 31.6. The molecule has 0 aromatic carbocycles. The molecule has 0 aromatic heterocycles. The van der Waals surface area contributed by atoms with Crippen LogP contribution < -0.4 is 0 Å². The zero-order chi connectivity index (χ0) is 52.2. The molecule has 6 nitrogen and oxygen atoms in total. The second kappa shape index (κ2) is 60.9. The number of hydrogen-bond acceptors (Lipinski definition) is 6. The lowest BCUT2D eigenvalue weighted by Crippen LogP contribution is -2.30. The number of hydrogen-bond donors (Lipinski definition) is 0. The maximum Gasteiger partial charge on any atom is 0.306 e. The molecule has 0 spiro atoms. The molecule has 0 amide bonds. The predicted molar refractivity (Wildman–Crippen MR) is 312 cm³/mol. The molecule has 0 bridgehead atoms. The van der Waals surface area contributed by atoms with Crippen LogP contribution in [0.5, 0.6) is 0 Å². The van der Waals surface area contributed by atoms with E-state index in [0.717, 1.165) is 96.3 Å². The van der Waals surface area contributed by atoms with Gasteiger partial charge in [0.2, 0.25) is 0 Å². The van der Waals surface area contributed by atoms with Gasteiger partial charge >= 0.3 is 17.9 Å². The quantitative estimate of drug-likeness (QED) is 0.0261. The summed E-state index contributed by atoms with van der Waals surface area (Å²) < 4.78 is 16.9. The summed E-state index contributed by atoms with van der Waals surface area (Å²) in [5, 5.41) is 0. The van der Waals surface area contributed by atoms with E-state index in [2.05, 4.69) is 69.4 Å². The first kappa shape index (κ1) is 69.4. The Hall–Kier alpha value is -2.63. The Bertz CT molecular complexity index is 1250. The third-order valence-corrected chi connectivity index (χ3v) is 14.1. The average molecular weight is 1010 g/mol. The van der Waals surface area contributed by atoms with Crippen molar-refractivity contribution in [3.63, 3.8) is 0 Å². The van der Waals surface area contributed by atoms with Crippen molar-refractivity contribution in [2.75, 3.05) is 13.2 Å². The molecule has 0 aliphatic carbocycles. The van der Waals surface area contributed by atoms with Gasteiger partial charge in [-0.25, -0.2) is 0 Å². The molecule has 0 aliphatic rings. The summed E-state index contributed by atoms with van der Waals surface area (Å²) in [5.41, 5.74) is 0. The SMILES string of the molecule is CC/C=C\C/C=C\C/C=C\C/C=C\CCCCCCC(=O)OC(COC(=O)CCCCCCCCCCCC)COC(=O)CCCCCCCCCCCCCCCCCCCCCCCCCCCCC. The summed E-state index contributed by atoms with van der Waals surface area (Å²) in [6.07, 6.45) is 75.7. The monoisotopic (exact) mass is 1010 g/mol. The first-order chi connectivity index (χ1) is 35.5. The number of rotatable bonds is 58. The molecule has 72 heavy (non-hydrogen) atoms. The minimum absolute atomic E-state index is 0.0789. The fourth-order valence-corrected chi connectivity index (χ4v) is 9.38. The summed E-state index contributed by atoms with van der Waals surface area (Å²) in [6, 6.07) is 0. The molecule has 0 rings (SSSR count). The molecule has 0 saturated carbocycles. The molecule has 0 fully saturated rings. The van der Waals surface area contributed by atoms with E-state index in [-0.39, 0.29) is 31.1 Å². The van der Waals surface area contributed by atoms with Gasteiger partial charge in [0, 0.05) is 19.3 Å². The average Bonchev–Trinajstić information content (AvgIpc) is 3.38. The van der Waals surface area contributed by atoms with Gasteiger partial charge in [0.15, 0.2) is 6.10 Å². The van der Waals surface area contributed by atoms with Gasteiger partial charge in [0.05, 0.1) is 0 Å². The van der Waals surface area contributed by atoms with E-state index in [9.17, 15) is 14.4 Å². The van der Waals surface area contributed by atoms with Crippen molar-refractivity contribution in [1.82, 2.24) is 0 Å². The predicted octanol–water partition coefficient (Wildman–Crippen LogP) is 21.4. The van der Waals surface area contributed by atoms with Crippen molar-refractivity contribution >= 4 is 17.9 Å². The minimum Gasteiger partial charge on any atom is -0.462 e. The second-order valence-electron chi connectivity index (χ2n) is 21.3. The standard InChI is InChI=1S/C66H120O6/c1-4-7-10-13-16-19-22-24-26-28-29-30-31-32-33-34-35-36-37-39-40-42-44-47-50-53-56-59-65(68)71-62-63(61-70-64(67)58-55-52-49-46-21-18-15-12-9-6-3)72-66(69)60-57-54-51-48-45-43-41-38-27-25-23-20-17-14-11-8-5-2/h8,11,17,20,25,27,41,43,63H,4-7,9-10,12-16,18-19,21-24,26,28-40,42,44-62H2,1-3H3/b11-8-,20-17-,27-25-,43-41-. The van der Waals surface area contributed by atoms with Crippen LogP contribution in [0.1, 0.15) is 335 Å². The molecule has 0 aromatic rings. The lowest BCUT2D eigenvalue weighted by atomic mass is 10.0. The van der Waals surface area contributed by atoms with Crippen molar-refractivity contribution < 1.29 is 28.6 Å². The van der Waals surface area contributed by atoms with Gasteiger partial charge in [-0.2, -0.15) is 0 Å². The van der Waals surface area contributed by atoms with Crippen LogP contribution in [-0.4, -0.2) is 37.2 Å². The molecule has 0 radical (unpaired) electrons. The number of allylic oxidation sites excluding steroid dienone is 8. The first-order valence-electron chi connectivity index (χ1n) is 31.6. The van der Waals surface area contributed by atoms with Crippen LogP contribution >= 0.6 is 0 Å². The van der Waals surface area contributed by atoms with Crippen LogP contribution in [0.15, 0.2) is 48.6 Å². The highest BCUT2D eigenvalue weighted by molar-refractivity contribution is 5.71. The number of ether oxygens (including phenoxy) is 3. The van der Waals surface area contributed by atoms with Crippen LogP contribution in [0, 0.1) is 0 Å². The minimum atomic E-state index is -0.782. The summed E-state index contributed by atoms with van der Waals surface area (Å²) >= 11 is 0. The third kappa shape index (κ3) is 58.3. The Morgan fingerprint density at radius 3 is 0.847 bits per heavy atom. The van der Waals surface area contributed by atoms with E-state index in [1.54, 1.807) is 0 Å². The summed E-state index contributed by atoms with van der Waals surface area (Å²) in [5.74, 6) is -0.886. The molecule has 6 heteroatoms. The Kier molecular flexibility index (Phi) is 58.7. The van der Waals surface area contributed by atoms with Gasteiger partial charge in [0.25, 0.3) is 0 Å². The van der Waals surface area contributed by atoms with Gasteiger partial charge in [-0.3, -0.25) is 14.4 Å². The normalized spacial score (nSPS) is 12.3. The number of unbranched alkanes of at least 4 members (excludes halogenated alkanes) is 39. The fraction of sp³-hybridized carbons (Fsp3) is 0.833. The number of carbonyl (C=O) groups is 3. The van der Waals surface area contributed by atoms with Gasteiger partial charge in [-0.15, -0.1) is 0 Å². The Labute approximate surface area is 448 Å². The zero-order valence-electron chi connectivity index (χ0n) is 48.2. The van der Waals surface area contributed by atoms with Gasteiger partial charge in [-0.05, 0) is 57.8 Å². The highest BCUT2D eigenvalue weighted by Crippen LogP contribution is 2.18. The van der Waals surface area contributed by atoms with Gasteiger partial charge < -0.3 is 14.2 Å². The molecular weight excluding hydrogens is 889 g/mol. The fourth-order valence-electron chi connectivity index (χ4n) is 9.38. The smallest absolute Gasteiger partial charge is 0.306 e. The van der Waals surface area contributed by atoms with Gasteiger partial charge in [0.1, 0.15) is 13.2 Å². The molecule has 0 aliphatic heterocycles. The van der Waals surface area contributed by atoms with E-state index in [1.165, 1.54) is 199 Å². The Morgan fingerprint density at radius 2 is 0.542 bits per heavy atom.